The number of allylic oxidation sites excluding steroid dienone is 2. The van der Waals surface area contributed by atoms with Gasteiger partial charge >= 0.3 is 12.1 Å². The molecule has 1 aromatic rings. The first-order valence-corrected chi connectivity index (χ1v) is 9.80. The van der Waals surface area contributed by atoms with Crippen LogP contribution in [-0.2, 0) is 30.1 Å². The number of benzene rings is 1. The van der Waals surface area contributed by atoms with E-state index >= 15 is 0 Å². The number of carbonyl (C=O) groups excluding carboxylic acids is 4. The molecule has 4 rings (SSSR count). The van der Waals surface area contributed by atoms with Crippen molar-refractivity contribution in [3.63, 3.8) is 0 Å². The third-order valence-electron chi connectivity index (χ3n) is 5.78. The molecule has 1 aliphatic heterocycles. The second-order valence-corrected chi connectivity index (χ2v) is 8.07. The Labute approximate surface area is 179 Å². The average Bonchev–Trinajstić information content (AvgIpc) is 3.37. The number of alkyl halides is 3. The molecule has 31 heavy (non-hydrogen) atoms. The lowest BCUT2D eigenvalue weighted by Crippen LogP contribution is -2.38. The lowest BCUT2D eigenvalue weighted by molar-refractivity contribution is -0.154. The SMILES string of the molecule is O=C(COC(=O)CN1C(=O)[C@@H]2[C@@H](C1=O)[C@H]1C=C[C@H]2C1)Nc1cc(C(F)(F)F)ccc1Cl. The Morgan fingerprint density at radius 2 is 1.74 bits per heavy atom. The van der Waals surface area contributed by atoms with Crippen molar-refractivity contribution >= 4 is 41.0 Å². The standard InChI is InChI=1S/C20H16ClF3N2O5/c21-12-4-3-11(20(22,23)24)6-13(12)25-14(27)8-31-15(28)7-26-18(29)16-9-1-2-10(5-9)17(16)19(26)30/h1-4,6,9-10,16-17H,5,7-8H2,(H,25,27)/t9-,10-,16-,17-/m0/s1. The molecule has 0 unspecified atom stereocenters. The number of anilines is 1. The summed E-state index contributed by atoms with van der Waals surface area (Å²) in [6, 6.07) is 2.40. The first-order chi connectivity index (χ1) is 14.6. The first kappa shape index (κ1) is 21.4. The summed E-state index contributed by atoms with van der Waals surface area (Å²) in [5.41, 5.74) is -1.30. The van der Waals surface area contributed by atoms with Gasteiger partial charge in [0.2, 0.25) is 11.8 Å². The predicted octanol–water partition coefficient (Wildman–Crippen LogP) is 2.65. The Hall–Kier alpha value is -2.88. The fraction of sp³-hybridized carbons (Fsp3) is 0.400. The zero-order valence-electron chi connectivity index (χ0n) is 15.8. The molecular weight excluding hydrogens is 441 g/mol. The molecule has 1 heterocycles. The molecule has 7 nitrogen and oxygen atoms in total. The van der Waals surface area contributed by atoms with E-state index in [1.165, 1.54) is 0 Å². The van der Waals surface area contributed by atoms with E-state index in [2.05, 4.69) is 5.32 Å². The maximum absolute atomic E-state index is 12.8. The minimum Gasteiger partial charge on any atom is -0.454 e. The number of halogens is 4. The topological polar surface area (TPSA) is 92.8 Å². The molecule has 3 amide bonds. The second kappa shape index (κ2) is 7.67. The average molecular weight is 457 g/mol. The minimum atomic E-state index is -4.63. The van der Waals surface area contributed by atoms with Gasteiger partial charge in [0.1, 0.15) is 6.54 Å². The molecule has 1 saturated heterocycles. The van der Waals surface area contributed by atoms with Gasteiger partial charge in [-0.05, 0) is 36.5 Å². The summed E-state index contributed by atoms with van der Waals surface area (Å²) in [6.07, 6.45) is -0.0356. The van der Waals surface area contributed by atoms with Gasteiger partial charge in [0.25, 0.3) is 5.91 Å². The van der Waals surface area contributed by atoms with Gasteiger partial charge in [-0.3, -0.25) is 24.1 Å². The van der Waals surface area contributed by atoms with Gasteiger partial charge in [-0.15, -0.1) is 0 Å². The number of hydrogen-bond acceptors (Lipinski definition) is 5. The Morgan fingerprint density at radius 3 is 2.32 bits per heavy atom. The van der Waals surface area contributed by atoms with Crippen LogP contribution in [0, 0.1) is 23.7 Å². The molecular formula is C20H16ClF3N2O5. The van der Waals surface area contributed by atoms with Crippen molar-refractivity contribution < 1.29 is 37.1 Å². The van der Waals surface area contributed by atoms with Crippen molar-refractivity contribution in [2.24, 2.45) is 23.7 Å². The van der Waals surface area contributed by atoms with Crippen molar-refractivity contribution in [2.45, 2.75) is 12.6 Å². The Kier molecular flexibility index (Phi) is 5.28. The highest BCUT2D eigenvalue weighted by Crippen LogP contribution is 2.52. The molecule has 11 heteroatoms. The van der Waals surface area contributed by atoms with Crippen LogP contribution in [0.3, 0.4) is 0 Å². The van der Waals surface area contributed by atoms with Crippen LogP contribution in [0.4, 0.5) is 18.9 Å². The smallest absolute Gasteiger partial charge is 0.416 e. The predicted molar refractivity (Wildman–Crippen MR) is 100 cm³/mol. The normalized spacial score (nSPS) is 26.4. The summed E-state index contributed by atoms with van der Waals surface area (Å²) in [5, 5.41) is 2.01. The van der Waals surface area contributed by atoms with Crippen molar-refractivity contribution in [3.8, 4) is 0 Å². The van der Waals surface area contributed by atoms with Crippen LogP contribution in [0.1, 0.15) is 12.0 Å². The molecule has 1 N–H and O–H groups in total. The lowest BCUT2D eigenvalue weighted by atomic mass is 9.85. The van der Waals surface area contributed by atoms with Crippen LogP contribution >= 0.6 is 11.6 Å². The van der Waals surface area contributed by atoms with Crippen LogP contribution in [0.25, 0.3) is 0 Å². The molecule has 0 radical (unpaired) electrons. The van der Waals surface area contributed by atoms with E-state index in [0.717, 1.165) is 23.5 Å². The number of esters is 1. The monoisotopic (exact) mass is 456 g/mol. The maximum atomic E-state index is 12.8. The second-order valence-electron chi connectivity index (χ2n) is 7.66. The summed E-state index contributed by atoms with van der Waals surface area (Å²) in [5.74, 6) is -3.68. The summed E-state index contributed by atoms with van der Waals surface area (Å²) in [7, 11) is 0. The number of carbonyl (C=O) groups is 4. The molecule has 1 saturated carbocycles. The summed E-state index contributed by atoms with van der Waals surface area (Å²) >= 11 is 5.80. The molecule has 1 aromatic carbocycles. The van der Waals surface area contributed by atoms with E-state index in [9.17, 15) is 32.3 Å². The number of rotatable bonds is 5. The third kappa shape index (κ3) is 3.91. The molecule has 0 aromatic heterocycles. The van der Waals surface area contributed by atoms with Gasteiger partial charge in [0.15, 0.2) is 6.61 Å². The summed E-state index contributed by atoms with van der Waals surface area (Å²) in [6.45, 7) is -1.44. The van der Waals surface area contributed by atoms with Gasteiger partial charge < -0.3 is 10.1 Å². The molecule has 164 valence electrons. The summed E-state index contributed by atoms with van der Waals surface area (Å²) < 4.78 is 43.2. The molecule has 2 aliphatic carbocycles. The van der Waals surface area contributed by atoms with Crippen LogP contribution < -0.4 is 5.32 Å². The molecule has 3 aliphatic rings. The molecule has 0 spiro atoms. The number of imide groups is 1. The van der Waals surface area contributed by atoms with Crippen LogP contribution in [0.5, 0.6) is 0 Å². The van der Waals surface area contributed by atoms with E-state index in [-0.39, 0.29) is 22.5 Å². The van der Waals surface area contributed by atoms with E-state index in [0.29, 0.717) is 6.07 Å². The van der Waals surface area contributed by atoms with Crippen LogP contribution in [0.15, 0.2) is 30.4 Å². The van der Waals surface area contributed by atoms with E-state index < -0.39 is 60.4 Å². The lowest BCUT2D eigenvalue weighted by Gasteiger charge is -2.16. The van der Waals surface area contributed by atoms with Crippen molar-refractivity contribution in [2.75, 3.05) is 18.5 Å². The van der Waals surface area contributed by atoms with Gasteiger partial charge in [-0.25, -0.2) is 0 Å². The van der Waals surface area contributed by atoms with E-state index in [1.54, 1.807) is 0 Å². The Morgan fingerprint density at radius 1 is 1.13 bits per heavy atom. The number of fused-ring (bicyclic) bond motifs is 5. The first-order valence-electron chi connectivity index (χ1n) is 9.42. The minimum absolute atomic E-state index is 0.00421. The fourth-order valence-corrected chi connectivity index (χ4v) is 4.59. The third-order valence-corrected chi connectivity index (χ3v) is 6.11. The zero-order chi connectivity index (χ0) is 22.5. The molecule has 2 bridgehead atoms. The maximum Gasteiger partial charge on any atom is 0.416 e. The number of hydrogen-bond donors (Lipinski definition) is 1. The number of likely N-dealkylation sites (tertiary alicyclic amines) is 1. The largest absolute Gasteiger partial charge is 0.454 e. The van der Waals surface area contributed by atoms with E-state index in [1.807, 2.05) is 12.2 Å². The van der Waals surface area contributed by atoms with Crippen molar-refractivity contribution in [3.05, 3.63) is 40.9 Å². The van der Waals surface area contributed by atoms with Crippen molar-refractivity contribution in [1.82, 2.24) is 4.90 Å². The number of ether oxygens (including phenoxy) is 1. The van der Waals surface area contributed by atoms with E-state index in [4.69, 9.17) is 16.3 Å². The number of nitrogens with one attached hydrogen (secondary N) is 1. The zero-order valence-corrected chi connectivity index (χ0v) is 16.6. The fourth-order valence-electron chi connectivity index (χ4n) is 4.42. The van der Waals surface area contributed by atoms with Gasteiger partial charge in [0.05, 0.1) is 28.1 Å². The van der Waals surface area contributed by atoms with Gasteiger partial charge in [0, 0.05) is 0 Å². The summed E-state index contributed by atoms with van der Waals surface area (Å²) in [4.78, 5) is 49.9. The number of nitrogens with zero attached hydrogens (tertiary/aromatic N) is 1. The van der Waals surface area contributed by atoms with Crippen LogP contribution in [0.2, 0.25) is 5.02 Å². The molecule has 4 atom stereocenters. The Bertz CT molecular complexity index is 979. The van der Waals surface area contributed by atoms with Gasteiger partial charge in [-0.1, -0.05) is 23.8 Å². The quantitative estimate of drug-likeness (QED) is 0.418. The highest BCUT2D eigenvalue weighted by atomic mass is 35.5. The highest BCUT2D eigenvalue weighted by molar-refractivity contribution is 6.33. The van der Waals surface area contributed by atoms with Crippen LogP contribution in [-0.4, -0.2) is 41.7 Å². The number of amides is 3. The molecule has 2 fully saturated rings. The Balaban J connectivity index is 1.31. The highest BCUT2D eigenvalue weighted by Gasteiger charge is 2.59. The van der Waals surface area contributed by atoms with Gasteiger partial charge in [-0.2, -0.15) is 13.2 Å². The van der Waals surface area contributed by atoms with Crippen molar-refractivity contribution in [1.29, 1.82) is 0 Å².